The highest BCUT2D eigenvalue weighted by atomic mass is 32.2. The molecule has 0 radical (unpaired) electrons. The van der Waals surface area contributed by atoms with Crippen molar-refractivity contribution >= 4 is 39.9 Å². The van der Waals surface area contributed by atoms with Crippen molar-refractivity contribution in [1.29, 1.82) is 0 Å². The first-order chi connectivity index (χ1) is 14.0. The van der Waals surface area contributed by atoms with Crippen LogP contribution in [0.3, 0.4) is 0 Å². The molecule has 6 nitrogen and oxygen atoms in total. The molecule has 0 bridgehead atoms. The van der Waals surface area contributed by atoms with Gasteiger partial charge in [-0.25, -0.2) is 0 Å². The number of thioether (sulfide) groups is 1. The number of imide groups is 1. The largest absolute Gasteiger partial charge is 0.383 e. The van der Waals surface area contributed by atoms with Crippen molar-refractivity contribution < 1.29 is 14.3 Å². The number of fused-ring (bicyclic) bond motifs is 1. The molecule has 1 fully saturated rings. The Labute approximate surface area is 173 Å². The molecule has 1 aliphatic rings. The number of amides is 2. The number of hydrogen-bond acceptors (Lipinski definition) is 5. The lowest BCUT2D eigenvalue weighted by Gasteiger charge is -2.11. The summed E-state index contributed by atoms with van der Waals surface area (Å²) in [5, 5.41) is 0.812. The smallest absolute Gasteiger partial charge is 0.293 e. The summed E-state index contributed by atoms with van der Waals surface area (Å²) < 4.78 is 7.14. The molecule has 4 rings (SSSR count). The van der Waals surface area contributed by atoms with E-state index in [2.05, 4.69) is 15.6 Å². The van der Waals surface area contributed by atoms with E-state index in [0.717, 1.165) is 45.3 Å². The Hall–Kier alpha value is -2.90. The number of rotatable bonds is 5. The lowest BCUT2D eigenvalue weighted by Crippen LogP contribution is -2.31. The van der Waals surface area contributed by atoms with Crippen molar-refractivity contribution in [3.8, 4) is 5.69 Å². The monoisotopic (exact) mass is 407 g/mol. The SMILES string of the molecule is COCCN1C(=O)S/C(=C/c2cc(C)n(-c3ccc4ncccc4c3)c2C)C1=O. The normalized spacial score (nSPS) is 15.8. The highest BCUT2D eigenvalue weighted by Crippen LogP contribution is 2.33. The summed E-state index contributed by atoms with van der Waals surface area (Å²) in [4.78, 5) is 30.8. The molecule has 0 atom stereocenters. The van der Waals surface area contributed by atoms with E-state index in [1.165, 1.54) is 4.90 Å². The van der Waals surface area contributed by atoms with Gasteiger partial charge in [-0.3, -0.25) is 19.5 Å². The first-order valence-corrected chi connectivity index (χ1v) is 10.1. The molecule has 2 aromatic heterocycles. The van der Waals surface area contributed by atoms with Gasteiger partial charge in [0.2, 0.25) is 0 Å². The summed E-state index contributed by atoms with van der Waals surface area (Å²) in [6.45, 7) is 4.64. The van der Waals surface area contributed by atoms with Crippen LogP contribution in [0, 0.1) is 13.8 Å². The minimum atomic E-state index is -0.265. The molecule has 2 amide bonds. The van der Waals surface area contributed by atoms with Gasteiger partial charge < -0.3 is 9.30 Å². The first kappa shape index (κ1) is 19.4. The third-order valence-corrected chi connectivity index (χ3v) is 5.90. The lowest BCUT2D eigenvalue weighted by molar-refractivity contribution is -0.123. The van der Waals surface area contributed by atoms with E-state index in [-0.39, 0.29) is 17.7 Å². The third kappa shape index (κ3) is 3.59. The Kier molecular flexibility index (Phi) is 5.25. The van der Waals surface area contributed by atoms with Crippen molar-refractivity contribution in [3.05, 3.63) is 64.5 Å². The minimum Gasteiger partial charge on any atom is -0.383 e. The molecule has 3 aromatic rings. The number of hydrogen-bond donors (Lipinski definition) is 0. The Morgan fingerprint density at radius 3 is 2.79 bits per heavy atom. The molecule has 148 valence electrons. The van der Waals surface area contributed by atoms with Crippen molar-refractivity contribution in [1.82, 2.24) is 14.5 Å². The second-order valence-corrected chi connectivity index (χ2v) is 7.86. The van der Waals surface area contributed by atoms with E-state index >= 15 is 0 Å². The van der Waals surface area contributed by atoms with Crippen LogP contribution in [0.5, 0.6) is 0 Å². The van der Waals surface area contributed by atoms with Gasteiger partial charge in [-0.05, 0) is 67.6 Å². The van der Waals surface area contributed by atoms with E-state index < -0.39 is 0 Å². The number of nitrogens with zero attached hydrogens (tertiary/aromatic N) is 3. The molecule has 0 spiro atoms. The van der Waals surface area contributed by atoms with Gasteiger partial charge in [-0.1, -0.05) is 6.07 Å². The predicted octanol–water partition coefficient (Wildman–Crippen LogP) is 4.33. The number of aromatic nitrogens is 2. The van der Waals surface area contributed by atoms with E-state index in [1.807, 2.05) is 44.2 Å². The highest BCUT2D eigenvalue weighted by molar-refractivity contribution is 8.18. The molecule has 0 unspecified atom stereocenters. The number of aryl methyl sites for hydroxylation is 1. The average Bonchev–Trinajstić information content (AvgIpc) is 3.14. The topological polar surface area (TPSA) is 64.4 Å². The van der Waals surface area contributed by atoms with Crippen LogP contribution in [0.2, 0.25) is 0 Å². The van der Waals surface area contributed by atoms with Crippen LogP contribution in [0.1, 0.15) is 17.0 Å². The summed E-state index contributed by atoms with van der Waals surface area (Å²) in [5.74, 6) is -0.265. The number of carbonyl (C=O) groups excluding carboxylic acids is 2. The van der Waals surface area contributed by atoms with E-state index in [0.29, 0.717) is 11.5 Å². The highest BCUT2D eigenvalue weighted by Gasteiger charge is 2.34. The number of methoxy groups -OCH3 is 1. The van der Waals surface area contributed by atoms with Crippen molar-refractivity contribution in [2.45, 2.75) is 13.8 Å². The lowest BCUT2D eigenvalue weighted by atomic mass is 10.2. The van der Waals surface area contributed by atoms with Crippen LogP contribution in [0.4, 0.5) is 4.79 Å². The van der Waals surface area contributed by atoms with E-state index in [9.17, 15) is 9.59 Å². The molecule has 1 aliphatic heterocycles. The summed E-state index contributed by atoms with van der Waals surface area (Å²) in [5.41, 5.74) is 4.97. The second-order valence-electron chi connectivity index (χ2n) is 6.87. The van der Waals surface area contributed by atoms with Crippen LogP contribution in [-0.2, 0) is 9.53 Å². The maximum Gasteiger partial charge on any atom is 0.293 e. The Morgan fingerprint density at radius 1 is 1.17 bits per heavy atom. The zero-order valence-corrected chi connectivity index (χ0v) is 17.3. The van der Waals surface area contributed by atoms with Crippen molar-refractivity contribution in [2.24, 2.45) is 0 Å². The molecule has 7 heteroatoms. The van der Waals surface area contributed by atoms with Gasteiger partial charge in [0.05, 0.1) is 23.6 Å². The second kappa shape index (κ2) is 7.85. The molecule has 0 aliphatic carbocycles. The van der Waals surface area contributed by atoms with Crippen LogP contribution >= 0.6 is 11.8 Å². The number of ether oxygens (including phenoxy) is 1. The van der Waals surface area contributed by atoms with Gasteiger partial charge in [0.15, 0.2) is 0 Å². The zero-order valence-electron chi connectivity index (χ0n) is 16.5. The molecule has 1 saturated heterocycles. The van der Waals surface area contributed by atoms with Crippen LogP contribution in [0.15, 0.2) is 47.5 Å². The van der Waals surface area contributed by atoms with Gasteiger partial charge >= 0.3 is 0 Å². The van der Waals surface area contributed by atoms with E-state index in [1.54, 1.807) is 19.4 Å². The Bertz CT molecular complexity index is 1150. The number of carbonyl (C=O) groups is 2. The molecule has 3 heterocycles. The fourth-order valence-corrected chi connectivity index (χ4v) is 4.41. The summed E-state index contributed by atoms with van der Waals surface area (Å²) in [7, 11) is 1.55. The number of benzene rings is 1. The molecule has 29 heavy (non-hydrogen) atoms. The standard InChI is InChI=1S/C22H21N3O3S/c1-14-11-17(13-20-21(26)24(9-10-28-3)22(27)29-20)15(2)25(14)18-6-7-19-16(12-18)5-4-8-23-19/h4-8,11-13H,9-10H2,1-3H3/b20-13+. The van der Waals surface area contributed by atoms with Gasteiger partial charge in [-0.2, -0.15) is 0 Å². The van der Waals surface area contributed by atoms with Gasteiger partial charge in [0.25, 0.3) is 11.1 Å². The first-order valence-electron chi connectivity index (χ1n) is 9.28. The Balaban J connectivity index is 1.69. The van der Waals surface area contributed by atoms with Gasteiger partial charge in [-0.15, -0.1) is 0 Å². The molecular weight excluding hydrogens is 386 g/mol. The molecule has 0 saturated carbocycles. The zero-order chi connectivity index (χ0) is 20.5. The summed E-state index contributed by atoms with van der Waals surface area (Å²) in [6, 6.07) is 12.1. The third-order valence-electron chi connectivity index (χ3n) is 4.99. The van der Waals surface area contributed by atoms with Crippen LogP contribution < -0.4 is 0 Å². The van der Waals surface area contributed by atoms with Crippen molar-refractivity contribution in [2.75, 3.05) is 20.3 Å². The van der Waals surface area contributed by atoms with Crippen molar-refractivity contribution in [3.63, 3.8) is 0 Å². The average molecular weight is 407 g/mol. The maximum absolute atomic E-state index is 12.6. The van der Waals surface area contributed by atoms with Crippen LogP contribution in [-0.4, -0.2) is 45.9 Å². The molecular formula is C22H21N3O3S. The fraction of sp³-hybridized carbons (Fsp3) is 0.227. The quantitative estimate of drug-likeness (QED) is 0.589. The number of pyridine rings is 1. The Morgan fingerprint density at radius 2 is 2.00 bits per heavy atom. The maximum atomic E-state index is 12.6. The van der Waals surface area contributed by atoms with Gasteiger partial charge in [0, 0.05) is 35.8 Å². The summed E-state index contributed by atoms with van der Waals surface area (Å²) in [6.07, 6.45) is 3.59. The van der Waals surface area contributed by atoms with Crippen LogP contribution in [0.25, 0.3) is 22.7 Å². The predicted molar refractivity (Wildman–Crippen MR) is 115 cm³/mol. The molecule has 0 N–H and O–H groups in total. The van der Waals surface area contributed by atoms with E-state index in [4.69, 9.17) is 4.74 Å². The summed E-state index contributed by atoms with van der Waals surface area (Å²) >= 11 is 0.974. The minimum absolute atomic E-state index is 0.255. The van der Waals surface area contributed by atoms with Gasteiger partial charge in [0.1, 0.15) is 0 Å². The fourth-order valence-electron chi connectivity index (χ4n) is 3.55. The molecule has 1 aromatic carbocycles.